The highest BCUT2D eigenvalue weighted by atomic mass is 35.5. The van der Waals surface area contributed by atoms with Crippen LogP contribution in [0.4, 0.5) is 5.69 Å². The Morgan fingerprint density at radius 2 is 2.00 bits per heavy atom. The molecular weight excluding hydrogens is 366 g/mol. The summed E-state index contributed by atoms with van der Waals surface area (Å²) < 4.78 is 10.6. The molecule has 27 heavy (non-hydrogen) atoms. The van der Waals surface area contributed by atoms with Gasteiger partial charge in [-0.25, -0.2) is 0 Å². The predicted octanol–water partition coefficient (Wildman–Crippen LogP) is 4.23. The number of anilines is 1. The lowest BCUT2D eigenvalue weighted by molar-refractivity contribution is -0.117. The molecule has 1 aromatic heterocycles. The number of carbonyl (C=O) groups is 1. The third-order valence-corrected chi connectivity index (χ3v) is 5.14. The summed E-state index contributed by atoms with van der Waals surface area (Å²) in [7, 11) is 1.62. The second-order valence-corrected chi connectivity index (χ2v) is 6.93. The minimum absolute atomic E-state index is 0.0177. The molecule has 1 saturated heterocycles. The van der Waals surface area contributed by atoms with Gasteiger partial charge in [-0.2, -0.15) is 4.98 Å². The molecule has 0 unspecified atom stereocenters. The van der Waals surface area contributed by atoms with Gasteiger partial charge in [-0.3, -0.25) is 4.79 Å². The molecule has 1 amide bonds. The van der Waals surface area contributed by atoms with Crippen molar-refractivity contribution in [3.8, 4) is 17.1 Å². The Morgan fingerprint density at radius 1 is 1.22 bits per heavy atom. The average molecular weight is 384 g/mol. The number of ether oxygens (including phenoxy) is 1. The minimum atomic E-state index is -0.142. The third-order valence-electron chi connectivity index (χ3n) is 4.73. The highest BCUT2D eigenvalue weighted by Gasteiger charge is 2.35. The standard InChI is InChI=1S/C20H18ClN3O3/c1-12-3-6-15(10-17(12)21)24-11-14(9-18(24)25)20-22-19(23-27-20)13-4-7-16(26-2)8-5-13/h3-8,10,14H,9,11H2,1-2H3/t14-/m1/s1. The van der Waals surface area contributed by atoms with Crippen LogP contribution in [-0.4, -0.2) is 29.7 Å². The number of rotatable bonds is 4. The summed E-state index contributed by atoms with van der Waals surface area (Å²) in [5.41, 5.74) is 2.59. The molecule has 0 N–H and O–H groups in total. The van der Waals surface area contributed by atoms with Crippen LogP contribution in [0.1, 0.15) is 23.8 Å². The van der Waals surface area contributed by atoms with Crippen LogP contribution in [-0.2, 0) is 4.79 Å². The van der Waals surface area contributed by atoms with E-state index in [0.29, 0.717) is 29.7 Å². The molecular formula is C20H18ClN3O3. The fourth-order valence-electron chi connectivity index (χ4n) is 3.13. The number of carbonyl (C=O) groups excluding carboxylic acids is 1. The topological polar surface area (TPSA) is 68.5 Å². The van der Waals surface area contributed by atoms with E-state index in [1.807, 2.05) is 49.4 Å². The average Bonchev–Trinajstić information content (AvgIpc) is 3.31. The van der Waals surface area contributed by atoms with Crippen LogP contribution in [0.5, 0.6) is 5.75 Å². The summed E-state index contributed by atoms with van der Waals surface area (Å²) in [4.78, 5) is 18.7. The summed E-state index contributed by atoms with van der Waals surface area (Å²) in [5, 5.41) is 4.70. The zero-order valence-electron chi connectivity index (χ0n) is 15.0. The predicted molar refractivity (Wildman–Crippen MR) is 102 cm³/mol. The second-order valence-electron chi connectivity index (χ2n) is 6.52. The van der Waals surface area contributed by atoms with E-state index in [1.54, 1.807) is 12.0 Å². The number of halogens is 1. The van der Waals surface area contributed by atoms with Crippen LogP contribution in [0, 0.1) is 6.92 Å². The molecule has 3 aromatic rings. The maximum atomic E-state index is 12.5. The number of benzene rings is 2. The largest absolute Gasteiger partial charge is 0.497 e. The zero-order chi connectivity index (χ0) is 19.0. The van der Waals surface area contributed by atoms with Crippen molar-refractivity contribution >= 4 is 23.2 Å². The van der Waals surface area contributed by atoms with Crippen molar-refractivity contribution < 1.29 is 14.1 Å². The monoisotopic (exact) mass is 383 g/mol. The maximum absolute atomic E-state index is 12.5. The fraction of sp³-hybridized carbons (Fsp3) is 0.250. The second kappa shape index (κ2) is 7.04. The third kappa shape index (κ3) is 3.40. The summed E-state index contributed by atoms with van der Waals surface area (Å²) in [6.07, 6.45) is 0.329. The van der Waals surface area contributed by atoms with E-state index in [1.165, 1.54) is 0 Å². The first kappa shape index (κ1) is 17.5. The van der Waals surface area contributed by atoms with Gasteiger partial charge < -0.3 is 14.2 Å². The van der Waals surface area contributed by atoms with Crippen molar-refractivity contribution in [2.75, 3.05) is 18.6 Å². The molecule has 0 bridgehead atoms. The number of aromatic nitrogens is 2. The normalized spacial score (nSPS) is 16.8. The van der Waals surface area contributed by atoms with Crippen LogP contribution in [0.15, 0.2) is 47.0 Å². The Balaban J connectivity index is 1.53. The van der Waals surface area contributed by atoms with Crippen molar-refractivity contribution in [1.29, 1.82) is 0 Å². The van der Waals surface area contributed by atoms with E-state index in [9.17, 15) is 4.79 Å². The summed E-state index contributed by atoms with van der Waals surface area (Å²) in [6, 6.07) is 13.0. The number of nitrogens with zero attached hydrogens (tertiary/aromatic N) is 3. The summed E-state index contributed by atoms with van der Waals surface area (Å²) in [5.74, 6) is 1.60. The van der Waals surface area contributed by atoms with E-state index >= 15 is 0 Å². The molecule has 138 valence electrons. The zero-order valence-corrected chi connectivity index (χ0v) is 15.7. The Hall–Kier alpha value is -2.86. The number of hydrogen-bond acceptors (Lipinski definition) is 5. The van der Waals surface area contributed by atoms with Crippen molar-refractivity contribution in [3.63, 3.8) is 0 Å². The highest BCUT2D eigenvalue weighted by molar-refractivity contribution is 6.31. The molecule has 1 aliphatic heterocycles. The Morgan fingerprint density at radius 3 is 2.70 bits per heavy atom. The molecule has 0 spiro atoms. The molecule has 2 aromatic carbocycles. The van der Waals surface area contributed by atoms with Gasteiger partial charge in [0.15, 0.2) is 0 Å². The number of hydrogen-bond donors (Lipinski definition) is 0. The van der Waals surface area contributed by atoms with Gasteiger partial charge in [0.25, 0.3) is 0 Å². The molecule has 0 saturated carbocycles. The van der Waals surface area contributed by atoms with Gasteiger partial charge in [0.1, 0.15) is 5.75 Å². The first-order chi connectivity index (χ1) is 13.0. The number of aryl methyl sites for hydroxylation is 1. The van der Waals surface area contributed by atoms with Crippen molar-refractivity contribution in [2.45, 2.75) is 19.3 Å². The quantitative estimate of drug-likeness (QED) is 0.674. The van der Waals surface area contributed by atoms with Gasteiger partial charge in [0.2, 0.25) is 17.6 Å². The van der Waals surface area contributed by atoms with E-state index in [-0.39, 0.29) is 11.8 Å². The Kier molecular flexibility index (Phi) is 4.58. The van der Waals surface area contributed by atoms with Crippen molar-refractivity contribution in [2.24, 2.45) is 0 Å². The van der Waals surface area contributed by atoms with Gasteiger partial charge in [0, 0.05) is 29.2 Å². The molecule has 1 aliphatic rings. The van der Waals surface area contributed by atoms with Crippen LogP contribution in [0.2, 0.25) is 5.02 Å². The Labute approximate surface area is 161 Å². The van der Waals surface area contributed by atoms with E-state index < -0.39 is 0 Å². The van der Waals surface area contributed by atoms with Crippen molar-refractivity contribution in [3.05, 3.63) is 58.9 Å². The van der Waals surface area contributed by atoms with Crippen molar-refractivity contribution in [1.82, 2.24) is 10.1 Å². The highest BCUT2D eigenvalue weighted by Crippen LogP contribution is 2.33. The molecule has 6 nitrogen and oxygen atoms in total. The van der Waals surface area contributed by atoms with E-state index in [0.717, 1.165) is 22.6 Å². The summed E-state index contributed by atoms with van der Waals surface area (Å²) >= 11 is 6.20. The lowest BCUT2D eigenvalue weighted by Gasteiger charge is -2.17. The molecule has 1 fully saturated rings. The molecule has 4 rings (SSSR count). The van der Waals surface area contributed by atoms with E-state index in [4.69, 9.17) is 20.9 Å². The Bertz CT molecular complexity index is 984. The van der Waals surface area contributed by atoms with Gasteiger partial charge in [-0.15, -0.1) is 0 Å². The van der Waals surface area contributed by atoms with Gasteiger partial charge in [-0.05, 0) is 48.9 Å². The summed E-state index contributed by atoms with van der Waals surface area (Å²) in [6.45, 7) is 2.42. The van der Waals surface area contributed by atoms with E-state index in [2.05, 4.69) is 10.1 Å². The number of amides is 1. The maximum Gasteiger partial charge on any atom is 0.232 e. The first-order valence-corrected chi connectivity index (χ1v) is 8.97. The number of methoxy groups -OCH3 is 1. The lowest BCUT2D eigenvalue weighted by atomic mass is 10.1. The first-order valence-electron chi connectivity index (χ1n) is 8.59. The van der Waals surface area contributed by atoms with Crippen LogP contribution >= 0.6 is 11.6 Å². The minimum Gasteiger partial charge on any atom is -0.497 e. The molecule has 0 aliphatic carbocycles. The van der Waals surface area contributed by atoms with Crippen LogP contribution in [0.3, 0.4) is 0 Å². The molecule has 2 heterocycles. The van der Waals surface area contributed by atoms with Gasteiger partial charge in [-0.1, -0.05) is 22.8 Å². The molecule has 0 radical (unpaired) electrons. The van der Waals surface area contributed by atoms with Crippen LogP contribution < -0.4 is 9.64 Å². The van der Waals surface area contributed by atoms with Gasteiger partial charge >= 0.3 is 0 Å². The molecule has 7 heteroatoms. The lowest BCUT2D eigenvalue weighted by Crippen LogP contribution is -2.24. The smallest absolute Gasteiger partial charge is 0.232 e. The SMILES string of the molecule is COc1ccc(-c2noc([C@@H]3CC(=O)N(c4ccc(C)c(Cl)c4)C3)n2)cc1. The van der Waals surface area contributed by atoms with Crippen LogP contribution in [0.25, 0.3) is 11.4 Å². The molecule has 1 atom stereocenters. The van der Waals surface area contributed by atoms with Gasteiger partial charge in [0.05, 0.1) is 13.0 Å². The fourth-order valence-corrected chi connectivity index (χ4v) is 3.31.